The molecule has 174 valence electrons. The summed E-state index contributed by atoms with van der Waals surface area (Å²) in [5.41, 5.74) is 11.3. The van der Waals surface area contributed by atoms with E-state index in [4.69, 9.17) is 21.3 Å². The number of rotatable bonds is 8. The molecular formula is C25H32N6OS. The van der Waals surface area contributed by atoms with Crippen molar-refractivity contribution in [2.75, 3.05) is 18.9 Å². The Hall–Kier alpha value is -3.10. The van der Waals surface area contributed by atoms with Crippen LogP contribution in [0.5, 0.6) is 5.75 Å². The van der Waals surface area contributed by atoms with Crippen LogP contribution < -0.4 is 21.6 Å². The van der Waals surface area contributed by atoms with Crippen LogP contribution in [0.25, 0.3) is 17.0 Å². The van der Waals surface area contributed by atoms with Gasteiger partial charge in [0, 0.05) is 18.0 Å². The number of pyridine rings is 1. The van der Waals surface area contributed by atoms with E-state index in [1.807, 2.05) is 54.8 Å². The number of anilines is 1. The molecule has 7 nitrogen and oxygen atoms in total. The van der Waals surface area contributed by atoms with Crippen molar-refractivity contribution in [2.45, 2.75) is 45.1 Å². The molecule has 1 aromatic carbocycles. The fourth-order valence-electron chi connectivity index (χ4n) is 4.00. The molecule has 0 atom stereocenters. The van der Waals surface area contributed by atoms with E-state index in [0.717, 1.165) is 46.4 Å². The van der Waals surface area contributed by atoms with E-state index in [1.165, 1.54) is 24.3 Å². The first-order valence-electron chi connectivity index (χ1n) is 11.4. The van der Waals surface area contributed by atoms with E-state index in [-0.39, 0.29) is 6.10 Å². The third kappa shape index (κ3) is 5.83. The molecule has 5 N–H and O–H groups in total. The summed E-state index contributed by atoms with van der Waals surface area (Å²) in [6.07, 6.45) is 6.27. The van der Waals surface area contributed by atoms with Crippen molar-refractivity contribution >= 4 is 22.2 Å². The highest BCUT2D eigenvalue weighted by molar-refractivity contribution is 7.14. The average Bonchev–Trinajstić information content (AvgIpc) is 3.30. The molecule has 2 aromatic heterocycles. The fraction of sp³-hybridized carbons (Fsp3) is 0.360. The van der Waals surface area contributed by atoms with Crippen LogP contribution >= 0.6 is 11.3 Å². The number of ether oxygens (including phenoxy) is 1. The number of aryl methyl sites for hydroxylation is 1. The molecule has 0 saturated heterocycles. The van der Waals surface area contributed by atoms with Crippen molar-refractivity contribution in [1.29, 1.82) is 0 Å². The van der Waals surface area contributed by atoms with Crippen molar-refractivity contribution < 1.29 is 4.74 Å². The Bertz CT molecular complexity index is 1090. The van der Waals surface area contributed by atoms with Gasteiger partial charge in [0.05, 0.1) is 41.1 Å². The van der Waals surface area contributed by atoms with E-state index in [2.05, 4.69) is 10.3 Å². The lowest BCUT2D eigenvalue weighted by Crippen LogP contribution is -2.32. The van der Waals surface area contributed by atoms with Crippen LogP contribution in [0.4, 0.5) is 5.13 Å². The Kier molecular flexibility index (Phi) is 7.47. The largest absolute Gasteiger partial charge is 0.489 e. The van der Waals surface area contributed by atoms with Gasteiger partial charge in [0.25, 0.3) is 0 Å². The summed E-state index contributed by atoms with van der Waals surface area (Å²) in [6.45, 7) is 2.39. The summed E-state index contributed by atoms with van der Waals surface area (Å²) in [5.74, 6) is 6.94. The zero-order chi connectivity index (χ0) is 23.2. The van der Waals surface area contributed by atoms with Crippen LogP contribution in [-0.2, 0) is 0 Å². The maximum atomic E-state index is 6.50. The quantitative estimate of drug-likeness (QED) is 0.326. The van der Waals surface area contributed by atoms with Gasteiger partial charge >= 0.3 is 0 Å². The summed E-state index contributed by atoms with van der Waals surface area (Å²) in [5, 5.41) is 7.71. The first kappa shape index (κ1) is 23.1. The number of aromatic nitrogens is 2. The van der Waals surface area contributed by atoms with Gasteiger partial charge in [-0.25, -0.2) is 15.8 Å². The summed E-state index contributed by atoms with van der Waals surface area (Å²) in [7, 11) is 1.77. The van der Waals surface area contributed by atoms with E-state index in [9.17, 15) is 0 Å². The standard InChI is InChI=1S/C25H32N6OS/c1-17-23(32-19-11-7-4-8-12-19)14-13-20(29-17)24(26)22(31(2)27)15-28-25-30-21(16-33-25)18-9-5-3-6-10-18/h3,5-6,9-10,13-14,16,19H,4,7-8,11-12,15,26-27H2,1-2H3,(H,28,30)/b24-22-. The molecule has 1 aliphatic carbocycles. The highest BCUT2D eigenvalue weighted by atomic mass is 32.1. The van der Waals surface area contributed by atoms with Crippen molar-refractivity contribution in [3.05, 3.63) is 64.9 Å². The van der Waals surface area contributed by atoms with Crippen LogP contribution in [0, 0.1) is 6.92 Å². The van der Waals surface area contributed by atoms with Crippen LogP contribution in [0.1, 0.15) is 43.5 Å². The van der Waals surface area contributed by atoms with Crippen molar-refractivity contribution in [3.8, 4) is 17.0 Å². The molecule has 33 heavy (non-hydrogen) atoms. The zero-order valence-electron chi connectivity index (χ0n) is 19.3. The van der Waals surface area contributed by atoms with Crippen molar-refractivity contribution in [1.82, 2.24) is 15.0 Å². The number of hydrogen-bond acceptors (Lipinski definition) is 8. The highest BCUT2D eigenvalue weighted by Crippen LogP contribution is 2.27. The minimum atomic E-state index is 0.284. The third-order valence-electron chi connectivity index (χ3n) is 5.88. The molecule has 0 bridgehead atoms. The molecule has 0 amide bonds. The highest BCUT2D eigenvalue weighted by Gasteiger charge is 2.17. The number of hydrazine groups is 1. The number of benzene rings is 1. The molecule has 1 aliphatic rings. The van der Waals surface area contributed by atoms with Gasteiger partial charge in [0.1, 0.15) is 5.75 Å². The molecule has 4 rings (SSSR count). The number of hydrogen-bond donors (Lipinski definition) is 3. The van der Waals surface area contributed by atoms with Crippen LogP contribution in [-0.4, -0.2) is 34.7 Å². The van der Waals surface area contributed by atoms with Crippen LogP contribution in [0.3, 0.4) is 0 Å². The predicted octanol–water partition coefficient (Wildman–Crippen LogP) is 4.77. The number of nitrogens with two attached hydrogens (primary N) is 2. The molecule has 0 spiro atoms. The average molecular weight is 465 g/mol. The topological polar surface area (TPSA) is 102 Å². The number of nitrogens with one attached hydrogen (secondary N) is 1. The molecule has 0 unspecified atom stereocenters. The molecule has 2 heterocycles. The van der Waals surface area contributed by atoms with E-state index >= 15 is 0 Å². The first-order chi connectivity index (χ1) is 16.0. The maximum absolute atomic E-state index is 6.50. The number of likely N-dealkylation sites (N-methyl/N-ethyl adjacent to an activating group) is 1. The number of thiazole rings is 1. The Labute approximate surface area is 199 Å². The lowest BCUT2D eigenvalue weighted by atomic mass is 9.98. The SMILES string of the molecule is Cc1nc(/C(N)=C(\CNc2nc(-c3ccccc3)cs2)N(C)N)ccc1OC1CCCCC1. The summed E-state index contributed by atoms with van der Waals surface area (Å²) >= 11 is 1.55. The molecule has 0 radical (unpaired) electrons. The fourth-order valence-corrected chi connectivity index (χ4v) is 4.72. The van der Waals surface area contributed by atoms with E-state index in [0.29, 0.717) is 17.9 Å². The lowest BCUT2D eigenvalue weighted by Gasteiger charge is -2.24. The van der Waals surface area contributed by atoms with Crippen molar-refractivity contribution in [2.24, 2.45) is 11.6 Å². The van der Waals surface area contributed by atoms with Gasteiger partial charge in [0.15, 0.2) is 5.13 Å². The Morgan fingerprint density at radius 3 is 2.58 bits per heavy atom. The molecular weight excluding hydrogens is 432 g/mol. The summed E-state index contributed by atoms with van der Waals surface area (Å²) in [6, 6.07) is 14.0. The van der Waals surface area contributed by atoms with Gasteiger partial charge in [0.2, 0.25) is 0 Å². The first-order valence-corrected chi connectivity index (χ1v) is 12.3. The van der Waals surface area contributed by atoms with Crippen molar-refractivity contribution in [3.63, 3.8) is 0 Å². The minimum Gasteiger partial charge on any atom is -0.489 e. The normalized spacial score (nSPS) is 15.1. The van der Waals surface area contributed by atoms with Gasteiger partial charge < -0.3 is 20.8 Å². The predicted molar refractivity (Wildman–Crippen MR) is 136 cm³/mol. The van der Waals surface area contributed by atoms with E-state index in [1.54, 1.807) is 18.4 Å². The molecule has 8 heteroatoms. The second-order valence-electron chi connectivity index (χ2n) is 8.39. The van der Waals surface area contributed by atoms with Gasteiger partial charge in [-0.15, -0.1) is 11.3 Å². The Morgan fingerprint density at radius 1 is 1.12 bits per heavy atom. The number of nitrogens with zero attached hydrogens (tertiary/aromatic N) is 3. The smallest absolute Gasteiger partial charge is 0.183 e. The summed E-state index contributed by atoms with van der Waals surface area (Å²) < 4.78 is 6.20. The van der Waals surface area contributed by atoms with Crippen LogP contribution in [0.15, 0.2) is 53.5 Å². The zero-order valence-corrected chi connectivity index (χ0v) is 20.1. The third-order valence-corrected chi connectivity index (χ3v) is 6.68. The molecule has 3 aromatic rings. The summed E-state index contributed by atoms with van der Waals surface area (Å²) in [4.78, 5) is 9.39. The van der Waals surface area contributed by atoms with Gasteiger partial charge in [-0.3, -0.25) is 0 Å². The Morgan fingerprint density at radius 2 is 1.88 bits per heavy atom. The second kappa shape index (κ2) is 10.7. The lowest BCUT2D eigenvalue weighted by molar-refractivity contribution is 0.153. The van der Waals surface area contributed by atoms with Gasteiger partial charge in [-0.2, -0.15) is 0 Å². The minimum absolute atomic E-state index is 0.284. The van der Waals surface area contributed by atoms with Crippen LogP contribution in [0.2, 0.25) is 0 Å². The molecule has 1 saturated carbocycles. The maximum Gasteiger partial charge on any atom is 0.183 e. The van der Waals surface area contributed by atoms with Gasteiger partial charge in [-0.05, 0) is 44.7 Å². The van der Waals surface area contributed by atoms with E-state index < -0.39 is 0 Å². The molecule has 0 aliphatic heterocycles. The Balaban J connectivity index is 1.47. The monoisotopic (exact) mass is 464 g/mol. The molecule has 1 fully saturated rings. The van der Waals surface area contributed by atoms with Gasteiger partial charge in [-0.1, -0.05) is 36.8 Å². The second-order valence-corrected chi connectivity index (χ2v) is 9.24.